The first-order valence-electron chi connectivity index (χ1n) is 8.77. The Labute approximate surface area is 179 Å². The maximum absolute atomic E-state index is 12.9. The lowest BCUT2D eigenvalue weighted by Crippen LogP contribution is -2.44. The van der Waals surface area contributed by atoms with Crippen LogP contribution in [0.15, 0.2) is 52.5 Å². The molecule has 10 heteroatoms. The van der Waals surface area contributed by atoms with E-state index in [9.17, 15) is 13.2 Å². The summed E-state index contributed by atoms with van der Waals surface area (Å²) in [5.74, 6) is 0.0393. The summed E-state index contributed by atoms with van der Waals surface area (Å²) in [6, 6.07) is 10.0. The molecule has 0 bridgehead atoms. The van der Waals surface area contributed by atoms with E-state index in [1.165, 1.54) is 41.9 Å². The van der Waals surface area contributed by atoms with Crippen molar-refractivity contribution in [2.75, 3.05) is 13.7 Å². The molecule has 154 valence electrons. The fourth-order valence-corrected chi connectivity index (χ4v) is 5.04. The summed E-state index contributed by atoms with van der Waals surface area (Å²) in [4.78, 5) is 12.7. The molecule has 0 saturated carbocycles. The summed E-state index contributed by atoms with van der Waals surface area (Å²) in [6.07, 6.45) is 2.39. The van der Waals surface area contributed by atoms with Crippen LogP contribution in [0.4, 0.5) is 0 Å². The number of nitrogens with zero attached hydrogens (tertiary/aromatic N) is 2. The van der Waals surface area contributed by atoms with Crippen LogP contribution in [0.3, 0.4) is 0 Å². The Morgan fingerprint density at radius 3 is 2.59 bits per heavy atom. The van der Waals surface area contributed by atoms with Crippen LogP contribution in [-0.2, 0) is 14.8 Å². The topological polar surface area (TPSA) is 88.1 Å². The third-order valence-corrected chi connectivity index (χ3v) is 6.91. The lowest BCUT2D eigenvalue weighted by molar-refractivity contribution is -0.124. The van der Waals surface area contributed by atoms with Gasteiger partial charge in [0.05, 0.1) is 18.2 Å². The van der Waals surface area contributed by atoms with Crippen molar-refractivity contribution in [3.05, 3.63) is 58.1 Å². The zero-order chi connectivity index (χ0) is 21.0. The van der Waals surface area contributed by atoms with Gasteiger partial charge in [0, 0.05) is 22.2 Å². The molecule has 1 fully saturated rings. The second kappa shape index (κ2) is 9.13. The molecule has 0 aromatic heterocycles. The van der Waals surface area contributed by atoms with Gasteiger partial charge in [-0.1, -0.05) is 23.2 Å². The molecular weight excluding hydrogens is 437 g/mol. The van der Waals surface area contributed by atoms with Crippen molar-refractivity contribution < 1.29 is 17.9 Å². The predicted octanol–water partition coefficient (Wildman–Crippen LogP) is 3.31. The van der Waals surface area contributed by atoms with Crippen LogP contribution >= 0.6 is 23.2 Å². The second-order valence-corrected chi connectivity index (χ2v) is 9.11. The van der Waals surface area contributed by atoms with E-state index < -0.39 is 22.0 Å². The second-order valence-electron chi connectivity index (χ2n) is 6.35. The normalized spacial score (nSPS) is 17.6. The number of carbonyl (C=O) groups is 1. The molecule has 0 aliphatic carbocycles. The van der Waals surface area contributed by atoms with Gasteiger partial charge in [-0.3, -0.25) is 4.79 Å². The van der Waals surface area contributed by atoms with Gasteiger partial charge < -0.3 is 4.74 Å². The molecule has 0 spiro atoms. The molecule has 29 heavy (non-hydrogen) atoms. The zero-order valence-electron chi connectivity index (χ0n) is 15.5. The number of hydrogen-bond donors (Lipinski definition) is 1. The quantitative estimate of drug-likeness (QED) is 0.534. The van der Waals surface area contributed by atoms with Gasteiger partial charge in [-0.05, 0) is 55.3 Å². The Morgan fingerprint density at radius 2 is 1.90 bits per heavy atom. The van der Waals surface area contributed by atoms with Crippen molar-refractivity contribution >= 4 is 45.3 Å². The zero-order valence-corrected chi connectivity index (χ0v) is 17.8. The molecule has 2 aromatic rings. The number of halogens is 2. The average Bonchev–Trinajstić information content (AvgIpc) is 3.19. The van der Waals surface area contributed by atoms with E-state index >= 15 is 0 Å². The monoisotopic (exact) mass is 455 g/mol. The lowest BCUT2D eigenvalue weighted by atomic mass is 10.2. The molecule has 7 nitrogen and oxygen atoms in total. The third kappa shape index (κ3) is 4.90. The highest BCUT2D eigenvalue weighted by Gasteiger charge is 2.39. The predicted molar refractivity (Wildman–Crippen MR) is 112 cm³/mol. The fourth-order valence-electron chi connectivity index (χ4n) is 3.08. The average molecular weight is 456 g/mol. The Bertz CT molecular complexity index is 1030. The highest BCUT2D eigenvalue weighted by molar-refractivity contribution is 7.89. The Hall–Kier alpha value is -2.13. The summed E-state index contributed by atoms with van der Waals surface area (Å²) >= 11 is 11.8. The van der Waals surface area contributed by atoms with Crippen LogP contribution in [0.25, 0.3) is 0 Å². The minimum absolute atomic E-state index is 0.0914. The maximum Gasteiger partial charge on any atom is 0.258 e. The standard InChI is InChI=1S/C19H19Cl2N3O4S/c1-28-18-9-6-15(21)11-13(18)12-22-23-19(25)17-3-2-10-24(17)29(26,27)16-7-4-14(20)5-8-16/h4-9,11-12,17H,2-3,10H2,1H3,(H,23,25). The van der Waals surface area contributed by atoms with E-state index in [0.717, 1.165) is 0 Å². The lowest BCUT2D eigenvalue weighted by Gasteiger charge is -2.22. The minimum atomic E-state index is -3.82. The van der Waals surface area contributed by atoms with Crippen molar-refractivity contribution in [3.63, 3.8) is 0 Å². The van der Waals surface area contributed by atoms with Crippen molar-refractivity contribution in [1.29, 1.82) is 0 Å². The number of sulfonamides is 1. The van der Waals surface area contributed by atoms with Gasteiger partial charge in [-0.15, -0.1) is 0 Å². The van der Waals surface area contributed by atoms with Crippen LogP contribution in [0, 0.1) is 0 Å². The number of benzene rings is 2. The van der Waals surface area contributed by atoms with Crippen LogP contribution < -0.4 is 10.2 Å². The van der Waals surface area contributed by atoms with Gasteiger partial charge in [0.1, 0.15) is 11.8 Å². The van der Waals surface area contributed by atoms with E-state index in [1.54, 1.807) is 18.2 Å². The summed E-state index contributed by atoms with van der Waals surface area (Å²) in [6.45, 7) is 0.259. The smallest absolute Gasteiger partial charge is 0.258 e. The fraction of sp³-hybridized carbons (Fsp3) is 0.263. The molecular formula is C19H19Cl2N3O4S. The number of nitrogens with one attached hydrogen (secondary N) is 1. The number of hydrogen-bond acceptors (Lipinski definition) is 5. The van der Waals surface area contributed by atoms with Crippen LogP contribution in [0.5, 0.6) is 5.75 Å². The molecule has 1 aliphatic heterocycles. The van der Waals surface area contributed by atoms with E-state index in [1.807, 2.05) is 0 Å². The van der Waals surface area contributed by atoms with Gasteiger partial charge >= 0.3 is 0 Å². The van der Waals surface area contributed by atoms with Gasteiger partial charge in [0.2, 0.25) is 10.0 Å². The van der Waals surface area contributed by atoms with Crippen LogP contribution in [0.2, 0.25) is 10.0 Å². The number of amides is 1. The Balaban J connectivity index is 1.73. The number of methoxy groups -OCH3 is 1. The van der Waals surface area contributed by atoms with E-state index in [-0.39, 0.29) is 11.4 Å². The first kappa shape index (κ1) is 21.6. The van der Waals surface area contributed by atoms with E-state index in [2.05, 4.69) is 10.5 Å². The summed E-state index contributed by atoms with van der Waals surface area (Å²) in [5, 5.41) is 4.87. The number of ether oxygens (including phenoxy) is 1. The van der Waals surface area contributed by atoms with Gasteiger partial charge in [0.15, 0.2) is 0 Å². The molecule has 1 heterocycles. The summed E-state index contributed by atoms with van der Waals surface area (Å²) in [5.41, 5.74) is 2.99. The Morgan fingerprint density at radius 1 is 1.21 bits per heavy atom. The van der Waals surface area contributed by atoms with E-state index in [0.29, 0.717) is 34.2 Å². The number of carbonyl (C=O) groups excluding carboxylic acids is 1. The third-order valence-electron chi connectivity index (χ3n) is 4.50. The molecule has 1 aliphatic rings. The molecule has 1 atom stereocenters. The first-order chi connectivity index (χ1) is 13.8. The SMILES string of the molecule is COc1ccc(Cl)cc1C=NNC(=O)C1CCCN1S(=O)(=O)c1ccc(Cl)cc1. The van der Waals surface area contributed by atoms with Crippen molar-refractivity contribution in [2.45, 2.75) is 23.8 Å². The Kier molecular flexibility index (Phi) is 6.79. The molecule has 2 aromatic carbocycles. The summed E-state index contributed by atoms with van der Waals surface area (Å²) < 4.78 is 32.2. The van der Waals surface area contributed by atoms with Crippen LogP contribution in [0.1, 0.15) is 18.4 Å². The van der Waals surface area contributed by atoms with Gasteiger partial charge in [-0.25, -0.2) is 13.8 Å². The van der Waals surface area contributed by atoms with Gasteiger partial charge in [0.25, 0.3) is 5.91 Å². The molecule has 0 radical (unpaired) electrons. The molecule has 3 rings (SSSR count). The minimum Gasteiger partial charge on any atom is -0.496 e. The van der Waals surface area contributed by atoms with Gasteiger partial charge in [-0.2, -0.15) is 9.41 Å². The van der Waals surface area contributed by atoms with Crippen molar-refractivity contribution in [3.8, 4) is 5.75 Å². The number of rotatable bonds is 6. The highest BCUT2D eigenvalue weighted by Crippen LogP contribution is 2.27. The van der Waals surface area contributed by atoms with Crippen molar-refractivity contribution in [2.24, 2.45) is 5.10 Å². The van der Waals surface area contributed by atoms with Crippen LogP contribution in [-0.4, -0.2) is 44.5 Å². The highest BCUT2D eigenvalue weighted by atomic mass is 35.5. The largest absolute Gasteiger partial charge is 0.496 e. The molecule has 1 unspecified atom stereocenters. The number of hydrazone groups is 1. The molecule has 1 amide bonds. The molecule has 1 saturated heterocycles. The first-order valence-corrected chi connectivity index (χ1v) is 11.0. The van der Waals surface area contributed by atoms with Crippen molar-refractivity contribution in [1.82, 2.24) is 9.73 Å². The molecule has 1 N–H and O–H groups in total. The summed E-state index contributed by atoms with van der Waals surface area (Å²) in [7, 11) is -2.31. The maximum atomic E-state index is 12.9. The van der Waals surface area contributed by atoms with E-state index in [4.69, 9.17) is 27.9 Å².